The average Bonchev–Trinajstić information content (AvgIpc) is 3.65. The quantitative estimate of drug-likeness (QED) is 0.137. The predicted molar refractivity (Wildman–Crippen MR) is 183 cm³/mol. The first-order chi connectivity index (χ1) is 23.2. The fraction of sp³-hybridized carbons (Fsp3) is 0.222. The van der Waals surface area contributed by atoms with Crippen LogP contribution in [-0.4, -0.2) is 68.3 Å². The molecule has 5 heterocycles. The number of methoxy groups -OCH3 is 1. The number of hydrogen-bond acceptors (Lipinski definition) is 11. The van der Waals surface area contributed by atoms with E-state index in [1.54, 1.807) is 25.6 Å². The Morgan fingerprint density at radius 2 is 1.62 bits per heavy atom. The number of nitrogens with one attached hydrogen (secondary N) is 2. The van der Waals surface area contributed by atoms with Crippen LogP contribution in [0, 0.1) is 0 Å². The molecule has 47 heavy (non-hydrogen) atoms. The predicted octanol–water partition coefficient (Wildman–Crippen LogP) is 6.99. The van der Waals surface area contributed by atoms with Gasteiger partial charge in [-0.2, -0.15) is 0 Å². The first-order valence-electron chi connectivity index (χ1n) is 15.8. The van der Waals surface area contributed by atoms with E-state index in [9.17, 15) is 0 Å². The molecular weight excluding hydrogens is 590 g/mol. The third kappa shape index (κ3) is 7.10. The topological polar surface area (TPSA) is 123 Å². The van der Waals surface area contributed by atoms with Gasteiger partial charge >= 0.3 is 0 Å². The zero-order valence-corrected chi connectivity index (χ0v) is 26.1. The second-order valence-corrected chi connectivity index (χ2v) is 11.2. The SMILES string of the molecule is COc1cccc(-c2nnc(Nc3ccc(Oc4ncccc4-c4ccnc(NCCCN5CCCC5)n4)cc3)c3ccccc23)n1. The summed E-state index contributed by atoms with van der Waals surface area (Å²) in [7, 11) is 1.60. The van der Waals surface area contributed by atoms with Gasteiger partial charge in [0.15, 0.2) is 5.82 Å². The Balaban J connectivity index is 1.04. The van der Waals surface area contributed by atoms with Gasteiger partial charge in [0.05, 0.1) is 24.1 Å². The van der Waals surface area contributed by atoms with Crippen LogP contribution in [0.4, 0.5) is 17.5 Å². The average molecular weight is 626 g/mol. The number of pyridine rings is 2. The second-order valence-electron chi connectivity index (χ2n) is 11.2. The molecule has 1 aliphatic heterocycles. The number of hydrogen-bond donors (Lipinski definition) is 2. The Labute approximate surface area is 273 Å². The van der Waals surface area contributed by atoms with Gasteiger partial charge in [-0.1, -0.05) is 30.3 Å². The third-order valence-corrected chi connectivity index (χ3v) is 8.03. The molecule has 6 aromatic rings. The normalized spacial score (nSPS) is 13.0. The van der Waals surface area contributed by atoms with Crippen LogP contribution in [0.3, 0.4) is 0 Å². The largest absolute Gasteiger partial charge is 0.481 e. The van der Waals surface area contributed by atoms with E-state index in [2.05, 4.69) is 40.7 Å². The van der Waals surface area contributed by atoms with Crippen LogP contribution in [0.15, 0.2) is 97.3 Å². The van der Waals surface area contributed by atoms with Crippen molar-refractivity contribution in [1.29, 1.82) is 0 Å². The Kier molecular flexibility index (Phi) is 9.05. The first kappa shape index (κ1) is 30.0. The van der Waals surface area contributed by atoms with E-state index in [-0.39, 0.29) is 0 Å². The number of likely N-dealkylation sites (tertiary alicyclic amines) is 1. The highest BCUT2D eigenvalue weighted by atomic mass is 16.5. The molecule has 2 aromatic carbocycles. The summed E-state index contributed by atoms with van der Waals surface area (Å²) in [6.45, 7) is 4.33. The van der Waals surface area contributed by atoms with Gasteiger partial charge in [-0.05, 0) is 87.4 Å². The smallest absolute Gasteiger partial charge is 0.228 e. The number of nitrogens with zero attached hydrogens (tertiary/aromatic N) is 7. The molecule has 1 aliphatic rings. The molecule has 0 saturated carbocycles. The zero-order valence-electron chi connectivity index (χ0n) is 26.1. The van der Waals surface area contributed by atoms with Crippen molar-refractivity contribution in [3.63, 3.8) is 0 Å². The van der Waals surface area contributed by atoms with E-state index in [4.69, 9.17) is 14.5 Å². The van der Waals surface area contributed by atoms with Crippen LogP contribution in [0.5, 0.6) is 17.5 Å². The highest BCUT2D eigenvalue weighted by Crippen LogP contribution is 2.33. The lowest BCUT2D eigenvalue weighted by Crippen LogP contribution is -2.22. The van der Waals surface area contributed by atoms with Gasteiger partial charge in [0.1, 0.15) is 11.4 Å². The van der Waals surface area contributed by atoms with Crippen LogP contribution in [0.2, 0.25) is 0 Å². The third-order valence-electron chi connectivity index (χ3n) is 8.03. The lowest BCUT2D eigenvalue weighted by atomic mass is 10.1. The molecule has 0 unspecified atom stereocenters. The fourth-order valence-corrected chi connectivity index (χ4v) is 5.67. The minimum Gasteiger partial charge on any atom is -0.481 e. The maximum Gasteiger partial charge on any atom is 0.228 e. The number of aromatic nitrogens is 6. The summed E-state index contributed by atoms with van der Waals surface area (Å²) in [5.74, 6) is 2.86. The van der Waals surface area contributed by atoms with Gasteiger partial charge in [-0.25, -0.2) is 19.9 Å². The maximum atomic E-state index is 6.25. The standard InChI is InChI=1S/C36H35N9O2/c1-46-32-13-6-12-31(41-32)33-27-9-2-3-10-28(27)34(44-43-33)40-25-14-16-26(17-15-25)47-35-29(11-7-19-37-35)30-18-21-39-36(42-30)38-20-8-24-45-22-4-5-23-45/h2-3,6-7,9-19,21H,4-5,8,20,22-24H2,1H3,(H,40,44)(H,38,39,42). The van der Waals surface area contributed by atoms with Crippen molar-refractivity contribution < 1.29 is 9.47 Å². The van der Waals surface area contributed by atoms with Crippen molar-refractivity contribution in [3.05, 3.63) is 97.3 Å². The van der Waals surface area contributed by atoms with E-state index >= 15 is 0 Å². The molecule has 7 rings (SSSR count). The number of ether oxygens (including phenoxy) is 2. The van der Waals surface area contributed by atoms with Gasteiger partial charge in [0, 0.05) is 41.5 Å². The van der Waals surface area contributed by atoms with Crippen molar-refractivity contribution in [2.45, 2.75) is 19.3 Å². The van der Waals surface area contributed by atoms with E-state index < -0.39 is 0 Å². The highest BCUT2D eigenvalue weighted by molar-refractivity contribution is 6.00. The molecule has 0 spiro atoms. The summed E-state index contributed by atoms with van der Waals surface area (Å²) < 4.78 is 11.6. The number of rotatable bonds is 12. The van der Waals surface area contributed by atoms with Crippen molar-refractivity contribution in [2.24, 2.45) is 0 Å². The summed E-state index contributed by atoms with van der Waals surface area (Å²) in [5, 5.41) is 17.7. The molecule has 0 radical (unpaired) electrons. The number of fused-ring (bicyclic) bond motifs is 1. The van der Waals surface area contributed by atoms with E-state index in [0.29, 0.717) is 40.7 Å². The Morgan fingerprint density at radius 1 is 0.766 bits per heavy atom. The minimum atomic E-state index is 0.463. The molecule has 0 atom stereocenters. The summed E-state index contributed by atoms with van der Waals surface area (Å²) in [6, 6.07) is 26.9. The van der Waals surface area contributed by atoms with Gasteiger partial charge in [-0.3, -0.25) is 0 Å². The number of anilines is 3. The van der Waals surface area contributed by atoms with E-state index in [1.807, 2.05) is 78.9 Å². The molecule has 1 saturated heterocycles. The van der Waals surface area contributed by atoms with Crippen molar-refractivity contribution in [2.75, 3.05) is 43.9 Å². The maximum absolute atomic E-state index is 6.25. The van der Waals surface area contributed by atoms with Gasteiger partial charge in [0.2, 0.25) is 17.7 Å². The van der Waals surface area contributed by atoms with Crippen LogP contribution in [0.25, 0.3) is 33.4 Å². The zero-order chi connectivity index (χ0) is 31.8. The molecule has 236 valence electrons. The molecule has 0 amide bonds. The lowest BCUT2D eigenvalue weighted by molar-refractivity contribution is 0.337. The minimum absolute atomic E-state index is 0.463. The van der Waals surface area contributed by atoms with Gasteiger partial charge < -0.3 is 25.0 Å². The van der Waals surface area contributed by atoms with Crippen LogP contribution in [0.1, 0.15) is 19.3 Å². The molecular formula is C36H35N9O2. The molecule has 4 aromatic heterocycles. The van der Waals surface area contributed by atoms with Crippen LogP contribution >= 0.6 is 0 Å². The Hall–Kier alpha value is -5.68. The van der Waals surface area contributed by atoms with Crippen molar-refractivity contribution in [3.8, 4) is 40.2 Å². The highest BCUT2D eigenvalue weighted by Gasteiger charge is 2.15. The summed E-state index contributed by atoms with van der Waals surface area (Å²) in [6.07, 6.45) is 7.13. The van der Waals surface area contributed by atoms with Crippen molar-refractivity contribution in [1.82, 2.24) is 35.0 Å². The molecule has 1 fully saturated rings. The Morgan fingerprint density at radius 3 is 2.47 bits per heavy atom. The molecule has 11 heteroatoms. The van der Waals surface area contributed by atoms with Gasteiger partial charge in [-0.15, -0.1) is 10.2 Å². The van der Waals surface area contributed by atoms with E-state index in [1.165, 1.54) is 25.9 Å². The van der Waals surface area contributed by atoms with E-state index in [0.717, 1.165) is 47.2 Å². The molecule has 2 N–H and O–H groups in total. The molecule has 11 nitrogen and oxygen atoms in total. The van der Waals surface area contributed by atoms with Crippen LogP contribution < -0.4 is 20.1 Å². The summed E-state index contributed by atoms with van der Waals surface area (Å²) >= 11 is 0. The monoisotopic (exact) mass is 625 g/mol. The summed E-state index contributed by atoms with van der Waals surface area (Å²) in [4.78, 5) is 20.7. The number of benzene rings is 2. The Bertz CT molecular complexity index is 1960. The molecule has 0 bridgehead atoms. The molecule has 0 aliphatic carbocycles. The lowest BCUT2D eigenvalue weighted by Gasteiger charge is -2.14. The van der Waals surface area contributed by atoms with Crippen molar-refractivity contribution >= 4 is 28.2 Å². The summed E-state index contributed by atoms with van der Waals surface area (Å²) in [5.41, 5.74) is 3.73. The second kappa shape index (κ2) is 14.2. The first-order valence-corrected chi connectivity index (χ1v) is 15.8. The van der Waals surface area contributed by atoms with Crippen LogP contribution in [-0.2, 0) is 0 Å². The fourth-order valence-electron chi connectivity index (χ4n) is 5.67. The van der Waals surface area contributed by atoms with Gasteiger partial charge in [0.25, 0.3) is 0 Å².